The Morgan fingerprint density at radius 1 is 1.08 bits per heavy atom. The quantitative estimate of drug-likeness (QED) is 0.731. The van der Waals surface area contributed by atoms with Gasteiger partial charge in [-0.05, 0) is 44.0 Å². The third-order valence-electron chi connectivity index (χ3n) is 4.76. The van der Waals surface area contributed by atoms with E-state index in [0.717, 1.165) is 30.4 Å². The van der Waals surface area contributed by atoms with Crippen molar-refractivity contribution in [1.29, 1.82) is 0 Å². The van der Waals surface area contributed by atoms with Gasteiger partial charge in [-0.2, -0.15) is 0 Å². The minimum atomic E-state index is 0.397. The highest BCUT2D eigenvalue weighted by Crippen LogP contribution is 2.32. The number of hydrogen-bond acceptors (Lipinski definition) is 3. The highest BCUT2D eigenvalue weighted by molar-refractivity contribution is 5.28. The minimum Gasteiger partial charge on any atom is -0.291 e. The second-order valence-corrected chi connectivity index (χ2v) is 6.38. The molecule has 3 aromatic rings. The number of aryl methyl sites for hydroxylation is 1. The molecule has 1 aliphatic rings. The standard InChI is InChI=1S/C20H22N4/c1-16-21-12-14-24(16)20-11-5-9-18(22-20)19-10-6-13-23(19)15-17-7-3-2-4-8-17/h2-5,7-9,11-12,14,19H,6,10,13,15H2,1H3/t19-/m0/s1. The van der Waals surface area contributed by atoms with E-state index >= 15 is 0 Å². The first-order chi connectivity index (χ1) is 11.8. The van der Waals surface area contributed by atoms with Gasteiger partial charge in [0.25, 0.3) is 0 Å². The first-order valence-corrected chi connectivity index (χ1v) is 8.56. The van der Waals surface area contributed by atoms with Gasteiger partial charge in [0, 0.05) is 18.9 Å². The molecule has 0 aliphatic carbocycles. The molecule has 1 fully saturated rings. The van der Waals surface area contributed by atoms with Crippen molar-refractivity contribution >= 4 is 0 Å². The van der Waals surface area contributed by atoms with E-state index < -0.39 is 0 Å². The summed E-state index contributed by atoms with van der Waals surface area (Å²) >= 11 is 0. The van der Waals surface area contributed by atoms with Crippen molar-refractivity contribution in [3.8, 4) is 5.82 Å². The average molecular weight is 318 g/mol. The predicted molar refractivity (Wildman–Crippen MR) is 94.9 cm³/mol. The molecule has 0 radical (unpaired) electrons. The van der Waals surface area contributed by atoms with Crippen LogP contribution in [0.3, 0.4) is 0 Å². The molecule has 0 bridgehead atoms. The molecule has 1 saturated heterocycles. The molecule has 1 aromatic carbocycles. The van der Waals surface area contributed by atoms with E-state index in [1.54, 1.807) is 0 Å². The maximum atomic E-state index is 4.93. The first kappa shape index (κ1) is 15.1. The van der Waals surface area contributed by atoms with E-state index in [-0.39, 0.29) is 0 Å². The summed E-state index contributed by atoms with van der Waals surface area (Å²) < 4.78 is 2.04. The van der Waals surface area contributed by atoms with E-state index in [9.17, 15) is 0 Å². The Labute approximate surface area is 142 Å². The smallest absolute Gasteiger partial charge is 0.138 e. The van der Waals surface area contributed by atoms with Crippen molar-refractivity contribution in [1.82, 2.24) is 19.4 Å². The van der Waals surface area contributed by atoms with Gasteiger partial charge in [0.15, 0.2) is 0 Å². The zero-order valence-electron chi connectivity index (χ0n) is 14.0. The summed E-state index contributed by atoms with van der Waals surface area (Å²) in [6.07, 6.45) is 6.19. The Morgan fingerprint density at radius 3 is 2.75 bits per heavy atom. The van der Waals surface area contributed by atoms with Gasteiger partial charge in [-0.1, -0.05) is 36.4 Å². The van der Waals surface area contributed by atoms with Gasteiger partial charge in [-0.25, -0.2) is 9.97 Å². The SMILES string of the molecule is Cc1nccn1-c1cccc([C@@H]2CCCN2Cc2ccccc2)n1. The molecule has 3 heterocycles. The summed E-state index contributed by atoms with van der Waals surface area (Å²) in [5.74, 6) is 1.92. The monoisotopic (exact) mass is 318 g/mol. The van der Waals surface area contributed by atoms with Crippen LogP contribution in [-0.4, -0.2) is 26.0 Å². The number of pyridine rings is 1. The summed E-state index contributed by atoms with van der Waals surface area (Å²) in [6, 6.07) is 17.4. The lowest BCUT2D eigenvalue weighted by Crippen LogP contribution is -2.23. The molecule has 1 atom stereocenters. The van der Waals surface area contributed by atoms with Crippen molar-refractivity contribution in [2.75, 3.05) is 6.54 Å². The van der Waals surface area contributed by atoms with Crippen LogP contribution in [0, 0.1) is 6.92 Å². The molecule has 1 aliphatic heterocycles. The van der Waals surface area contributed by atoms with Gasteiger partial charge in [0.05, 0.1) is 11.7 Å². The van der Waals surface area contributed by atoms with Crippen LogP contribution < -0.4 is 0 Å². The maximum Gasteiger partial charge on any atom is 0.138 e. The number of imidazole rings is 1. The number of hydrogen-bond donors (Lipinski definition) is 0. The molecule has 122 valence electrons. The molecule has 4 heteroatoms. The fraction of sp³-hybridized carbons (Fsp3) is 0.300. The largest absolute Gasteiger partial charge is 0.291 e. The molecule has 2 aromatic heterocycles. The summed E-state index contributed by atoms with van der Waals surface area (Å²) in [6.45, 7) is 4.13. The van der Waals surface area contributed by atoms with Crippen molar-refractivity contribution in [2.45, 2.75) is 32.4 Å². The molecule has 24 heavy (non-hydrogen) atoms. The number of rotatable bonds is 4. The van der Waals surface area contributed by atoms with Crippen LogP contribution in [0.5, 0.6) is 0 Å². The van der Waals surface area contributed by atoms with Crippen LogP contribution in [0.15, 0.2) is 60.9 Å². The van der Waals surface area contributed by atoms with Gasteiger partial charge >= 0.3 is 0 Å². The summed E-state index contributed by atoms with van der Waals surface area (Å²) in [7, 11) is 0. The molecular formula is C20H22N4. The molecule has 4 nitrogen and oxygen atoms in total. The van der Waals surface area contributed by atoms with Crippen LogP contribution in [0.2, 0.25) is 0 Å². The zero-order chi connectivity index (χ0) is 16.4. The molecule has 0 amide bonds. The molecule has 0 saturated carbocycles. The average Bonchev–Trinajstić information content (AvgIpc) is 3.25. The third-order valence-corrected chi connectivity index (χ3v) is 4.76. The van der Waals surface area contributed by atoms with Gasteiger partial charge in [0.2, 0.25) is 0 Å². The lowest BCUT2D eigenvalue weighted by Gasteiger charge is -2.24. The van der Waals surface area contributed by atoms with Gasteiger partial charge in [-0.3, -0.25) is 9.47 Å². The topological polar surface area (TPSA) is 34.0 Å². The van der Waals surface area contributed by atoms with E-state index in [4.69, 9.17) is 4.98 Å². The first-order valence-electron chi connectivity index (χ1n) is 8.56. The van der Waals surface area contributed by atoms with Crippen molar-refractivity contribution in [3.63, 3.8) is 0 Å². The van der Waals surface area contributed by atoms with Crippen LogP contribution in [0.4, 0.5) is 0 Å². The normalized spacial score (nSPS) is 18.1. The fourth-order valence-electron chi connectivity index (χ4n) is 3.55. The van der Waals surface area contributed by atoms with E-state index in [2.05, 4.69) is 58.4 Å². The molecule has 0 spiro atoms. The Kier molecular flexibility index (Phi) is 4.13. The van der Waals surface area contributed by atoms with Gasteiger partial charge in [0.1, 0.15) is 11.6 Å². The maximum absolute atomic E-state index is 4.93. The van der Waals surface area contributed by atoms with Crippen molar-refractivity contribution < 1.29 is 0 Å². The Hall–Kier alpha value is -2.46. The highest BCUT2D eigenvalue weighted by atomic mass is 15.2. The van der Waals surface area contributed by atoms with Crippen LogP contribution >= 0.6 is 0 Å². The summed E-state index contributed by atoms with van der Waals surface area (Å²) in [4.78, 5) is 11.8. The van der Waals surface area contributed by atoms with E-state index in [1.807, 2.05) is 23.9 Å². The lowest BCUT2D eigenvalue weighted by atomic mass is 10.1. The molecule has 0 unspecified atom stereocenters. The Morgan fingerprint density at radius 2 is 1.96 bits per heavy atom. The van der Waals surface area contributed by atoms with Crippen molar-refractivity contribution in [2.24, 2.45) is 0 Å². The number of aromatic nitrogens is 3. The fourth-order valence-corrected chi connectivity index (χ4v) is 3.55. The van der Waals surface area contributed by atoms with Crippen molar-refractivity contribution in [3.05, 3.63) is 78.0 Å². The van der Waals surface area contributed by atoms with Gasteiger partial charge < -0.3 is 0 Å². The predicted octanol–water partition coefficient (Wildman–Crippen LogP) is 3.91. The summed E-state index contributed by atoms with van der Waals surface area (Å²) in [5.41, 5.74) is 2.53. The van der Waals surface area contributed by atoms with Crippen LogP contribution in [0.25, 0.3) is 5.82 Å². The Balaban J connectivity index is 1.59. The third kappa shape index (κ3) is 2.97. The van der Waals surface area contributed by atoms with Gasteiger partial charge in [-0.15, -0.1) is 0 Å². The van der Waals surface area contributed by atoms with E-state index in [0.29, 0.717) is 6.04 Å². The minimum absolute atomic E-state index is 0.397. The summed E-state index contributed by atoms with van der Waals surface area (Å²) in [5, 5.41) is 0. The highest BCUT2D eigenvalue weighted by Gasteiger charge is 2.27. The second-order valence-electron chi connectivity index (χ2n) is 6.38. The molecule has 4 rings (SSSR count). The molecule has 0 N–H and O–H groups in total. The van der Waals surface area contributed by atoms with E-state index in [1.165, 1.54) is 18.4 Å². The van der Waals surface area contributed by atoms with Crippen LogP contribution in [0.1, 0.15) is 36.0 Å². The Bertz CT molecular complexity index is 809. The molecular weight excluding hydrogens is 296 g/mol. The second kappa shape index (κ2) is 6.57. The zero-order valence-corrected chi connectivity index (χ0v) is 14.0. The number of benzene rings is 1. The van der Waals surface area contributed by atoms with Crippen LogP contribution in [-0.2, 0) is 6.54 Å². The number of nitrogens with zero attached hydrogens (tertiary/aromatic N) is 4. The lowest BCUT2D eigenvalue weighted by molar-refractivity contribution is 0.244. The number of likely N-dealkylation sites (tertiary alicyclic amines) is 1.